The highest BCUT2D eigenvalue weighted by molar-refractivity contribution is 6.02. The summed E-state index contributed by atoms with van der Waals surface area (Å²) in [4.78, 5) is 22.4. The van der Waals surface area contributed by atoms with E-state index in [0.29, 0.717) is 6.04 Å². The third-order valence-electron chi connectivity index (χ3n) is 4.37. The highest BCUT2D eigenvalue weighted by atomic mass is 16.2. The fourth-order valence-electron chi connectivity index (χ4n) is 3.26. The summed E-state index contributed by atoms with van der Waals surface area (Å²) in [5, 5.41) is 0. The van der Waals surface area contributed by atoms with Gasteiger partial charge in [0, 0.05) is 35.8 Å². The van der Waals surface area contributed by atoms with Crippen LogP contribution in [0.15, 0.2) is 42.9 Å². The molecule has 4 rings (SSSR count). The zero-order valence-electron chi connectivity index (χ0n) is 12.1. The molecule has 2 atom stereocenters. The monoisotopic (exact) mass is 289 g/mol. The molecule has 1 saturated heterocycles. The number of nitrogens with zero attached hydrogens (tertiary/aromatic N) is 3. The molecule has 1 saturated carbocycles. The Kier molecular flexibility index (Phi) is 3.12. The second-order valence-corrected chi connectivity index (χ2v) is 5.71. The second kappa shape index (κ2) is 5.27. The molecule has 0 bridgehead atoms. The van der Waals surface area contributed by atoms with Crippen molar-refractivity contribution >= 4 is 11.7 Å². The van der Waals surface area contributed by atoms with Gasteiger partial charge in [-0.15, -0.1) is 0 Å². The molecule has 0 spiro atoms. The maximum Gasteiger partial charge on any atom is 0.233 e. The van der Waals surface area contributed by atoms with E-state index >= 15 is 0 Å². The van der Waals surface area contributed by atoms with Crippen molar-refractivity contribution in [2.75, 3.05) is 4.90 Å². The van der Waals surface area contributed by atoms with Gasteiger partial charge in [0.25, 0.3) is 0 Å². The summed E-state index contributed by atoms with van der Waals surface area (Å²) in [7, 11) is 0. The minimum atomic E-state index is 0.226. The quantitative estimate of drug-likeness (QED) is 0.598. The van der Waals surface area contributed by atoms with E-state index < -0.39 is 0 Å². The van der Waals surface area contributed by atoms with Crippen molar-refractivity contribution in [3.8, 4) is 11.8 Å². The fourth-order valence-corrected chi connectivity index (χ4v) is 3.26. The van der Waals surface area contributed by atoms with Gasteiger partial charge in [0.15, 0.2) is 0 Å². The first-order valence-corrected chi connectivity index (χ1v) is 7.54. The molecule has 2 aliphatic rings. The molecule has 1 amide bonds. The Morgan fingerprint density at radius 3 is 2.68 bits per heavy atom. The molecule has 1 aliphatic heterocycles. The van der Waals surface area contributed by atoms with E-state index in [0.717, 1.165) is 36.2 Å². The van der Waals surface area contributed by atoms with Crippen molar-refractivity contribution in [1.82, 2.24) is 9.97 Å². The smallest absolute Gasteiger partial charge is 0.233 e. The summed E-state index contributed by atoms with van der Waals surface area (Å²) in [6.07, 6.45) is 8.46. The molecule has 1 unspecified atom stereocenters. The van der Waals surface area contributed by atoms with E-state index in [1.54, 1.807) is 18.6 Å². The van der Waals surface area contributed by atoms with E-state index in [-0.39, 0.29) is 11.8 Å². The Bertz CT molecular complexity index is 758. The minimum Gasteiger partial charge on any atom is -0.293 e. The van der Waals surface area contributed by atoms with Crippen LogP contribution in [0.3, 0.4) is 0 Å². The van der Waals surface area contributed by atoms with Crippen LogP contribution in [0.4, 0.5) is 5.82 Å². The van der Waals surface area contributed by atoms with Gasteiger partial charge < -0.3 is 0 Å². The van der Waals surface area contributed by atoms with Gasteiger partial charge in [-0.25, -0.2) is 4.98 Å². The van der Waals surface area contributed by atoms with Gasteiger partial charge in [-0.3, -0.25) is 14.7 Å². The molecule has 0 aromatic carbocycles. The molecule has 2 aromatic heterocycles. The topological polar surface area (TPSA) is 46.1 Å². The normalized spacial score (nSPS) is 22.5. The molecule has 2 fully saturated rings. The zero-order valence-corrected chi connectivity index (χ0v) is 12.1. The van der Waals surface area contributed by atoms with E-state index in [4.69, 9.17) is 0 Å². The van der Waals surface area contributed by atoms with Crippen molar-refractivity contribution in [3.63, 3.8) is 0 Å². The molecule has 1 aliphatic carbocycles. The molecule has 0 N–H and O–H groups in total. The number of aromatic nitrogens is 2. The summed E-state index contributed by atoms with van der Waals surface area (Å²) in [5.41, 5.74) is 1.71. The minimum absolute atomic E-state index is 0.226. The predicted molar refractivity (Wildman–Crippen MR) is 83.1 cm³/mol. The number of pyridine rings is 2. The molecule has 22 heavy (non-hydrogen) atoms. The van der Waals surface area contributed by atoms with Crippen LogP contribution in [0.1, 0.15) is 30.4 Å². The Labute approximate surface area is 129 Å². The Balaban J connectivity index is 1.52. The van der Waals surface area contributed by atoms with Gasteiger partial charge in [-0.1, -0.05) is 18.3 Å². The van der Waals surface area contributed by atoms with Gasteiger partial charge in [-0.05, 0) is 37.1 Å². The Hall–Kier alpha value is -2.67. The zero-order chi connectivity index (χ0) is 14.9. The number of anilines is 1. The van der Waals surface area contributed by atoms with Crippen LogP contribution in [0.2, 0.25) is 0 Å². The summed E-state index contributed by atoms with van der Waals surface area (Å²) in [6, 6.07) is 7.95. The first-order valence-electron chi connectivity index (χ1n) is 7.54. The predicted octanol–water partition coefficient (Wildman–Crippen LogP) is 2.39. The lowest BCUT2D eigenvalue weighted by Crippen LogP contribution is -2.58. The van der Waals surface area contributed by atoms with Crippen LogP contribution in [-0.4, -0.2) is 21.9 Å². The van der Waals surface area contributed by atoms with Crippen LogP contribution in [-0.2, 0) is 4.79 Å². The highest BCUT2D eigenvalue weighted by Gasteiger charge is 2.50. The molecular weight excluding hydrogens is 274 g/mol. The number of fused-ring (bicyclic) bond motifs is 1. The largest absolute Gasteiger partial charge is 0.293 e. The number of carbonyl (C=O) groups is 1. The fraction of sp³-hybridized carbons (Fsp3) is 0.278. The molecule has 2 aromatic rings. The van der Waals surface area contributed by atoms with Crippen molar-refractivity contribution in [2.24, 2.45) is 5.92 Å². The van der Waals surface area contributed by atoms with Gasteiger partial charge >= 0.3 is 0 Å². The SMILES string of the molecule is O=C1C2CCC[C@H]2N1c1ccc(C#Cc2cccnc2)cn1. The van der Waals surface area contributed by atoms with Gasteiger partial charge in [-0.2, -0.15) is 0 Å². The molecule has 4 nitrogen and oxygen atoms in total. The average Bonchev–Trinajstić information content (AvgIpc) is 2.99. The second-order valence-electron chi connectivity index (χ2n) is 5.71. The van der Waals surface area contributed by atoms with Gasteiger partial charge in [0.1, 0.15) is 5.82 Å². The number of amides is 1. The first kappa shape index (κ1) is 13.0. The summed E-state index contributed by atoms with van der Waals surface area (Å²) >= 11 is 0. The summed E-state index contributed by atoms with van der Waals surface area (Å²) in [6.45, 7) is 0. The number of rotatable bonds is 1. The van der Waals surface area contributed by atoms with Crippen LogP contribution < -0.4 is 4.90 Å². The maximum absolute atomic E-state index is 12.1. The van der Waals surface area contributed by atoms with E-state index in [1.807, 2.05) is 29.2 Å². The lowest BCUT2D eigenvalue weighted by molar-refractivity contribution is -0.129. The summed E-state index contributed by atoms with van der Waals surface area (Å²) < 4.78 is 0. The lowest BCUT2D eigenvalue weighted by atomic mass is 9.90. The standard InChI is InChI=1S/C18H15N3O/c22-18-15-4-1-5-16(15)21(18)17-9-8-14(12-20-17)7-6-13-3-2-10-19-11-13/h2-3,8-12,15-16H,1,4-5H2/t15?,16-/m1/s1. The average molecular weight is 289 g/mol. The van der Waals surface area contributed by atoms with Gasteiger partial charge in [0.05, 0.1) is 5.92 Å². The highest BCUT2D eigenvalue weighted by Crippen LogP contribution is 2.42. The van der Waals surface area contributed by atoms with Crippen LogP contribution in [0.25, 0.3) is 0 Å². The number of β-lactam (4-membered cyclic amide) rings is 1. The van der Waals surface area contributed by atoms with Crippen molar-refractivity contribution in [1.29, 1.82) is 0 Å². The number of hydrogen-bond acceptors (Lipinski definition) is 3. The Morgan fingerprint density at radius 2 is 1.95 bits per heavy atom. The number of carbonyl (C=O) groups excluding carboxylic acids is 1. The van der Waals surface area contributed by atoms with Crippen molar-refractivity contribution in [2.45, 2.75) is 25.3 Å². The summed E-state index contributed by atoms with van der Waals surface area (Å²) in [5.74, 6) is 7.33. The van der Waals surface area contributed by atoms with Crippen LogP contribution >= 0.6 is 0 Å². The third kappa shape index (κ3) is 2.15. The molecule has 4 heteroatoms. The van der Waals surface area contributed by atoms with Crippen molar-refractivity contribution < 1.29 is 4.79 Å². The van der Waals surface area contributed by atoms with Crippen LogP contribution in [0, 0.1) is 17.8 Å². The Morgan fingerprint density at radius 1 is 1.09 bits per heavy atom. The molecule has 0 radical (unpaired) electrons. The van der Waals surface area contributed by atoms with Crippen LogP contribution in [0.5, 0.6) is 0 Å². The van der Waals surface area contributed by atoms with E-state index in [9.17, 15) is 4.79 Å². The van der Waals surface area contributed by atoms with Crippen molar-refractivity contribution in [3.05, 3.63) is 54.0 Å². The molecular formula is C18H15N3O. The van der Waals surface area contributed by atoms with Gasteiger partial charge in [0.2, 0.25) is 5.91 Å². The number of hydrogen-bond donors (Lipinski definition) is 0. The van der Waals surface area contributed by atoms with E-state index in [1.165, 1.54) is 0 Å². The maximum atomic E-state index is 12.1. The van der Waals surface area contributed by atoms with E-state index in [2.05, 4.69) is 21.8 Å². The molecule has 108 valence electrons. The molecule has 3 heterocycles. The first-order chi connectivity index (χ1) is 10.8. The lowest BCUT2D eigenvalue weighted by Gasteiger charge is -2.42. The third-order valence-corrected chi connectivity index (χ3v) is 4.37.